The van der Waals surface area contributed by atoms with E-state index in [9.17, 15) is 0 Å². The van der Waals surface area contributed by atoms with Gasteiger partial charge in [-0.3, -0.25) is 0 Å². The first kappa shape index (κ1) is 14.2. The molecule has 0 atom stereocenters. The van der Waals surface area contributed by atoms with Crippen LogP contribution in [0.2, 0.25) is 10.0 Å². The molecule has 0 N–H and O–H groups in total. The molecule has 0 aliphatic heterocycles. The Balaban J connectivity index is 2.36. The van der Waals surface area contributed by atoms with Gasteiger partial charge in [-0.15, -0.1) is 0 Å². The van der Waals surface area contributed by atoms with Gasteiger partial charge in [0.25, 0.3) is 0 Å². The largest absolute Gasteiger partial charge is 0.0841 e. The van der Waals surface area contributed by atoms with E-state index in [4.69, 9.17) is 23.2 Å². The average molecular weight is 291 g/mol. The maximum Gasteiger partial charge on any atom is 0.0435 e. The van der Waals surface area contributed by atoms with E-state index < -0.39 is 0 Å². The SMILES string of the molecule is CC(=Cc1ccc(Cl)c(C)c1)c1ccc(Cl)c(C)c1. The van der Waals surface area contributed by atoms with Gasteiger partial charge in [-0.25, -0.2) is 0 Å². The smallest absolute Gasteiger partial charge is 0.0435 e. The minimum Gasteiger partial charge on any atom is -0.0841 e. The molecule has 0 amide bonds. The Kier molecular flexibility index (Phi) is 4.34. The molecule has 0 saturated heterocycles. The Morgan fingerprint density at radius 2 is 1.47 bits per heavy atom. The van der Waals surface area contributed by atoms with Crippen molar-refractivity contribution in [3.05, 3.63) is 68.7 Å². The molecule has 0 bridgehead atoms. The van der Waals surface area contributed by atoms with E-state index >= 15 is 0 Å². The molecule has 0 radical (unpaired) electrons. The number of benzene rings is 2. The van der Waals surface area contributed by atoms with Crippen molar-refractivity contribution in [3.8, 4) is 0 Å². The number of rotatable bonds is 2. The second-order valence-corrected chi connectivity index (χ2v) is 5.61. The first-order valence-electron chi connectivity index (χ1n) is 6.18. The van der Waals surface area contributed by atoms with Crippen molar-refractivity contribution in [2.45, 2.75) is 20.8 Å². The molecule has 2 heteroatoms. The number of halogens is 2. The number of aryl methyl sites for hydroxylation is 2. The summed E-state index contributed by atoms with van der Waals surface area (Å²) >= 11 is 12.1. The van der Waals surface area contributed by atoms with Crippen LogP contribution in [0.3, 0.4) is 0 Å². The molecule has 98 valence electrons. The Bertz CT molecular complexity index is 640. The van der Waals surface area contributed by atoms with Crippen molar-refractivity contribution in [1.82, 2.24) is 0 Å². The highest BCUT2D eigenvalue weighted by atomic mass is 35.5. The molecule has 0 unspecified atom stereocenters. The summed E-state index contributed by atoms with van der Waals surface area (Å²) in [5.74, 6) is 0. The minimum atomic E-state index is 0.803. The van der Waals surface area contributed by atoms with Crippen LogP contribution in [0.25, 0.3) is 11.6 Å². The maximum atomic E-state index is 6.05. The summed E-state index contributed by atoms with van der Waals surface area (Å²) in [4.78, 5) is 0. The van der Waals surface area contributed by atoms with Crippen LogP contribution in [-0.2, 0) is 0 Å². The summed E-state index contributed by atoms with van der Waals surface area (Å²) in [6, 6.07) is 12.1. The highest BCUT2D eigenvalue weighted by molar-refractivity contribution is 6.31. The lowest BCUT2D eigenvalue weighted by molar-refractivity contribution is 1.43. The molecule has 0 heterocycles. The van der Waals surface area contributed by atoms with Gasteiger partial charge in [-0.05, 0) is 60.7 Å². The average Bonchev–Trinajstić information content (AvgIpc) is 2.37. The van der Waals surface area contributed by atoms with Gasteiger partial charge in [0.2, 0.25) is 0 Å². The monoisotopic (exact) mass is 290 g/mol. The molecule has 0 fully saturated rings. The van der Waals surface area contributed by atoms with E-state index in [0.717, 1.165) is 26.7 Å². The Morgan fingerprint density at radius 1 is 0.895 bits per heavy atom. The van der Waals surface area contributed by atoms with Crippen LogP contribution in [0.5, 0.6) is 0 Å². The topological polar surface area (TPSA) is 0 Å². The highest BCUT2D eigenvalue weighted by Crippen LogP contribution is 2.24. The van der Waals surface area contributed by atoms with Crippen LogP contribution in [0.15, 0.2) is 36.4 Å². The molecule has 2 rings (SSSR count). The summed E-state index contributed by atoms with van der Waals surface area (Å²) in [7, 11) is 0. The van der Waals surface area contributed by atoms with Crippen molar-refractivity contribution in [2.24, 2.45) is 0 Å². The van der Waals surface area contributed by atoms with E-state index in [1.54, 1.807) is 0 Å². The molecule has 0 nitrogen and oxygen atoms in total. The zero-order valence-electron chi connectivity index (χ0n) is 11.3. The normalized spacial score (nSPS) is 11.7. The molecule has 0 saturated carbocycles. The predicted octanol–water partition coefficient (Wildman–Crippen LogP) is 6.17. The number of hydrogen-bond acceptors (Lipinski definition) is 0. The van der Waals surface area contributed by atoms with E-state index in [1.165, 1.54) is 11.1 Å². The second-order valence-electron chi connectivity index (χ2n) is 4.80. The Hall–Kier alpha value is -1.24. The zero-order chi connectivity index (χ0) is 14.0. The summed E-state index contributed by atoms with van der Waals surface area (Å²) in [5.41, 5.74) is 5.75. The summed E-state index contributed by atoms with van der Waals surface area (Å²) < 4.78 is 0. The first-order valence-corrected chi connectivity index (χ1v) is 6.94. The lowest BCUT2D eigenvalue weighted by Gasteiger charge is -2.06. The van der Waals surface area contributed by atoms with Crippen LogP contribution >= 0.6 is 23.2 Å². The molecule has 2 aromatic carbocycles. The highest BCUT2D eigenvalue weighted by Gasteiger charge is 2.01. The quantitative estimate of drug-likeness (QED) is 0.580. The lowest BCUT2D eigenvalue weighted by atomic mass is 10.0. The Morgan fingerprint density at radius 3 is 2.05 bits per heavy atom. The van der Waals surface area contributed by atoms with E-state index in [-0.39, 0.29) is 0 Å². The number of hydrogen-bond donors (Lipinski definition) is 0. The molecule has 0 spiro atoms. The van der Waals surface area contributed by atoms with Crippen molar-refractivity contribution >= 4 is 34.9 Å². The summed E-state index contributed by atoms with van der Waals surface area (Å²) in [6.45, 7) is 6.14. The van der Waals surface area contributed by atoms with E-state index in [1.807, 2.05) is 38.1 Å². The fourth-order valence-corrected chi connectivity index (χ4v) is 2.22. The third kappa shape index (κ3) is 3.40. The van der Waals surface area contributed by atoms with Gasteiger partial charge in [0.05, 0.1) is 0 Å². The van der Waals surface area contributed by atoms with Crippen LogP contribution in [0.4, 0.5) is 0 Å². The van der Waals surface area contributed by atoms with E-state index in [2.05, 4.69) is 25.1 Å². The molecule has 0 aliphatic rings. The van der Waals surface area contributed by atoms with Crippen LogP contribution in [0.1, 0.15) is 29.2 Å². The van der Waals surface area contributed by atoms with Crippen molar-refractivity contribution in [2.75, 3.05) is 0 Å². The van der Waals surface area contributed by atoms with Crippen molar-refractivity contribution in [1.29, 1.82) is 0 Å². The fraction of sp³-hybridized carbons (Fsp3) is 0.176. The van der Waals surface area contributed by atoms with Crippen LogP contribution in [0, 0.1) is 13.8 Å². The predicted molar refractivity (Wildman–Crippen MR) is 85.9 cm³/mol. The van der Waals surface area contributed by atoms with Gasteiger partial charge in [0, 0.05) is 10.0 Å². The lowest BCUT2D eigenvalue weighted by Crippen LogP contribution is -1.84. The van der Waals surface area contributed by atoms with Gasteiger partial charge in [0.15, 0.2) is 0 Å². The minimum absolute atomic E-state index is 0.803. The second kappa shape index (κ2) is 5.81. The Labute approximate surface area is 124 Å². The van der Waals surface area contributed by atoms with Crippen LogP contribution < -0.4 is 0 Å². The maximum absolute atomic E-state index is 6.05. The van der Waals surface area contributed by atoms with Gasteiger partial charge in [-0.1, -0.05) is 53.5 Å². The third-order valence-electron chi connectivity index (χ3n) is 3.18. The molecular formula is C17H16Cl2. The van der Waals surface area contributed by atoms with Gasteiger partial charge in [0.1, 0.15) is 0 Å². The van der Waals surface area contributed by atoms with Gasteiger partial charge in [-0.2, -0.15) is 0 Å². The van der Waals surface area contributed by atoms with Crippen molar-refractivity contribution < 1.29 is 0 Å². The first-order chi connectivity index (χ1) is 8.97. The molecule has 0 aromatic heterocycles. The van der Waals surface area contributed by atoms with E-state index in [0.29, 0.717) is 0 Å². The molecule has 0 aliphatic carbocycles. The van der Waals surface area contributed by atoms with Gasteiger partial charge < -0.3 is 0 Å². The zero-order valence-corrected chi connectivity index (χ0v) is 12.8. The summed E-state index contributed by atoms with van der Waals surface area (Å²) in [6.07, 6.45) is 2.16. The summed E-state index contributed by atoms with van der Waals surface area (Å²) in [5, 5.41) is 1.61. The molecule has 19 heavy (non-hydrogen) atoms. The molecular weight excluding hydrogens is 275 g/mol. The number of allylic oxidation sites excluding steroid dienone is 1. The standard InChI is InChI=1S/C17H16Cl2/c1-11(15-5-7-17(19)13(3)10-15)8-14-4-6-16(18)12(2)9-14/h4-10H,1-3H3. The molecule has 2 aromatic rings. The van der Waals surface area contributed by atoms with Crippen LogP contribution in [-0.4, -0.2) is 0 Å². The third-order valence-corrected chi connectivity index (χ3v) is 4.03. The van der Waals surface area contributed by atoms with Crippen molar-refractivity contribution in [3.63, 3.8) is 0 Å². The fourth-order valence-electron chi connectivity index (χ4n) is 1.98. The van der Waals surface area contributed by atoms with Gasteiger partial charge >= 0.3 is 0 Å².